The molecule has 1 aromatic rings. The van der Waals surface area contributed by atoms with Crippen molar-refractivity contribution >= 4 is 11.7 Å². The Morgan fingerprint density at radius 3 is 2.87 bits per heavy atom. The van der Waals surface area contributed by atoms with Gasteiger partial charge in [-0.25, -0.2) is 4.79 Å². The second-order valence-electron chi connectivity index (χ2n) is 6.59. The number of hydrogen-bond acceptors (Lipinski definition) is 3. The smallest absolute Gasteiger partial charge is 0.322 e. The van der Waals surface area contributed by atoms with Gasteiger partial charge >= 0.3 is 6.03 Å². The summed E-state index contributed by atoms with van der Waals surface area (Å²) in [5.41, 5.74) is 2.90. The van der Waals surface area contributed by atoms with Gasteiger partial charge in [-0.1, -0.05) is 19.1 Å². The standard InChI is InChI=1S/C18H28N2O3/c1-12(2)23-11-15-6-5-7-16(14(15)4)19-18(22)20-9-8-13(3)17(20)10-21/h5-7,12-13,17,21H,8-11H2,1-4H3,(H,19,22)/t13-,17-/m0/s1. The van der Waals surface area contributed by atoms with Gasteiger partial charge in [0, 0.05) is 12.2 Å². The molecule has 0 saturated carbocycles. The van der Waals surface area contributed by atoms with Gasteiger partial charge in [-0.2, -0.15) is 0 Å². The molecule has 2 N–H and O–H groups in total. The molecule has 1 heterocycles. The van der Waals surface area contributed by atoms with E-state index in [0.29, 0.717) is 19.1 Å². The maximum Gasteiger partial charge on any atom is 0.322 e. The molecular formula is C18H28N2O3. The number of carbonyl (C=O) groups is 1. The Bertz CT molecular complexity index is 545. The van der Waals surface area contributed by atoms with Gasteiger partial charge in [0.25, 0.3) is 0 Å². The average molecular weight is 320 g/mol. The molecule has 5 heteroatoms. The molecule has 2 atom stereocenters. The first-order valence-corrected chi connectivity index (χ1v) is 8.32. The molecule has 2 rings (SSSR count). The molecule has 0 radical (unpaired) electrons. The molecular weight excluding hydrogens is 292 g/mol. The summed E-state index contributed by atoms with van der Waals surface area (Å²) >= 11 is 0. The van der Waals surface area contributed by atoms with E-state index >= 15 is 0 Å². The zero-order valence-corrected chi connectivity index (χ0v) is 14.5. The highest BCUT2D eigenvalue weighted by atomic mass is 16.5. The van der Waals surface area contributed by atoms with Gasteiger partial charge in [-0.05, 0) is 50.3 Å². The molecule has 5 nitrogen and oxygen atoms in total. The van der Waals surface area contributed by atoms with Crippen molar-refractivity contribution in [1.29, 1.82) is 0 Å². The Labute approximate surface area is 138 Å². The topological polar surface area (TPSA) is 61.8 Å². The maximum absolute atomic E-state index is 12.5. The van der Waals surface area contributed by atoms with Crippen LogP contribution in [-0.4, -0.2) is 41.3 Å². The normalized spacial score (nSPS) is 21.0. The van der Waals surface area contributed by atoms with Gasteiger partial charge in [0.1, 0.15) is 0 Å². The molecule has 1 aliphatic heterocycles. The van der Waals surface area contributed by atoms with Gasteiger partial charge in [-0.3, -0.25) is 0 Å². The Morgan fingerprint density at radius 2 is 2.22 bits per heavy atom. The summed E-state index contributed by atoms with van der Waals surface area (Å²) in [5.74, 6) is 0.331. The number of amides is 2. The van der Waals surface area contributed by atoms with E-state index in [0.717, 1.165) is 23.2 Å². The van der Waals surface area contributed by atoms with Crippen molar-refractivity contribution in [2.45, 2.75) is 52.9 Å². The maximum atomic E-state index is 12.5. The molecule has 0 unspecified atom stereocenters. The molecule has 1 saturated heterocycles. The first-order valence-electron chi connectivity index (χ1n) is 8.32. The lowest BCUT2D eigenvalue weighted by atomic mass is 10.0. The fourth-order valence-electron chi connectivity index (χ4n) is 2.96. The van der Waals surface area contributed by atoms with E-state index in [1.165, 1.54) is 0 Å². The SMILES string of the molecule is Cc1c(COC(C)C)cccc1NC(=O)N1CC[C@H](C)[C@@H]1CO. The lowest BCUT2D eigenvalue weighted by molar-refractivity contribution is 0.0654. The van der Waals surface area contributed by atoms with Crippen molar-refractivity contribution in [2.24, 2.45) is 5.92 Å². The molecule has 1 aromatic carbocycles. The largest absolute Gasteiger partial charge is 0.394 e. The number of rotatable bonds is 5. The number of aliphatic hydroxyl groups excluding tert-OH is 1. The molecule has 2 amide bonds. The molecule has 0 aromatic heterocycles. The predicted molar refractivity (Wildman–Crippen MR) is 91.5 cm³/mol. The van der Waals surface area contributed by atoms with Crippen LogP contribution in [0.2, 0.25) is 0 Å². The van der Waals surface area contributed by atoms with Crippen LogP contribution in [0.25, 0.3) is 0 Å². The van der Waals surface area contributed by atoms with Crippen LogP contribution in [0.3, 0.4) is 0 Å². The number of urea groups is 1. The zero-order chi connectivity index (χ0) is 17.0. The van der Waals surface area contributed by atoms with E-state index < -0.39 is 0 Å². The molecule has 0 spiro atoms. The number of nitrogens with zero attached hydrogens (tertiary/aromatic N) is 1. The first-order chi connectivity index (χ1) is 10.9. The third-order valence-electron chi connectivity index (χ3n) is 4.59. The van der Waals surface area contributed by atoms with Crippen LogP contribution >= 0.6 is 0 Å². The van der Waals surface area contributed by atoms with Gasteiger partial charge in [0.15, 0.2) is 0 Å². The molecule has 0 bridgehead atoms. The van der Waals surface area contributed by atoms with E-state index in [1.807, 2.05) is 39.0 Å². The van der Waals surface area contributed by atoms with Crippen LogP contribution in [-0.2, 0) is 11.3 Å². The van der Waals surface area contributed by atoms with E-state index in [4.69, 9.17) is 4.74 Å². The van der Waals surface area contributed by atoms with Crippen LogP contribution in [0.4, 0.5) is 10.5 Å². The van der Waals surface area contributed by atoms with Crippen molar-refractivity contribution in [1.82, 2.24) is 4.90 Å². The van der Waals surface area contributed by atoms with Gasteiger partial charge in [0.05, 0.1) is 25.4 Å². The average Bonchev–Trinajstić information content (AvgIpc) is 2.88. The van der Waals surface area contributed by atoms with Crippen LogP contribution in [0.1, 0.15) is 38.3 Å². The Morgan fingerprint density at radius 1 is 1.48 bits per heavy atom. The fraction of sp³-hybridized carbons (Fsp3) is 0.611. The van der Waals surface area contributed by atoms with Crippen LogP contribution < -0.4 is 5.32 Å². The number of anilines is 1. The van der Waals surface area contributed by atoms with Crippen LogP contribution in [0.15, 0.2) is 18.2 Å². The number of ether oxygens (including phenoxy) is 1. The van der Waals surface area contributed by atoms with Crippen molar-refractivity contribution in [3.63, 3.8) is 0 Å². The summed E-state index contributed by atoms with van der Waals surface area (Å²) in [7, 11) is 0. The minimum atomic E-state index is -0.140. The van der Waals surface area contributed by atoms with E-state index in [-0.39, 0.29) is 24.8 Å². The third-order valence-corrected chi connectivity index (χ3v) is 4.59. The van der Waals surface area contributed by atoms with Crippen LogP contribution in [0, 0.1) is 12.8 Å². The highest BCUT2D eigenvalue weighted by Crippen LogP contribution is 2.26. The van der Waals surface area contributed by atoms with Crippen molar-refractivity contribution in [3.8, 4) is 0 Å². The summed E-state index contributed by atoms with van der Waals surface area (Å²) in [5, 5.41) is 12.5. The van der Waals surface area contributed by atoms with E-state index in [1.54, 1.807) is 4.90 Å². The van der Waals surface area contributed by atoms with Gasteiger partial charge < -0.3 is 20.1 Å². The van der Waals surface area contributed by atoms with Crippen molar-refractivity contribution in [3.05, 3.63) is 29.3 Å². The summed E-state index contributed by atoms with van der Waals surface area (Å²) < 4.78 is 5.66. The first kappa shape index (κ1) is 17.8. The fourth-order valence-corrected chi connectivity index (χ4v) is 2.96. The second kappa shape index (κ2) is 7.79. The number of nitrogens with one attached hydrogen (secondary N) is 1. The summed E-state index contributed by atoms with van der Waals surface area (Å²) in [6.07, 6.45) is 1.10. The van der Waals surface area contributed by atoms with E-state index in [9.17, 15) is 9.90 Å². The highest BCUT2D eigenvalue weighted by Gasteiger charge is 2.33. The Kier molecular flexibility index (Phi) is 6.02. The third kappa shape index (κ3) is 4.24. The summed E-state index contributed by atoms with van der Waals surface area (Å²) in [6.45, 7) is 9.31. The highest BCUT2D eigenvalue weighted by molar-refractivity contribution is 5.90. The minimum absolute atomic E-state index is 0.00976. The number of carbonyl (C=O) groups excluding carboxylic acids is 1. The van der Waals surface area contributed by atoms with Crippen LogP contribution in [0.5, 0.6) is 0 Å². The summed E-state index contributed by atoms with van der Waals surface area (Å²) in [6, 6.07) is 5.61. The predicted octanol–water partition coefficient (Wildman–Crippen LogP) is 3.15. The van der Waals surface area contributed by atoms with Gasteiger partial charge in [0.2, 0.25) is 0 Å². The Balaban J connectivity index is 2.08. The minimum Gasteiger partial charge on any atom is -0.394 e. The second-order valence-corrected chi connectivity index (χ2v) is 6.59. The molecule has 0 aliphatic carbocycles. The number of likely N-dealkylation sites (tertiary alicyclic amines) is 1. The molecule has 23 heavy (non-hydrogen) atoms. The molecule has 128 valence electrons. The molecule has 1 aliphatic rings. The lowest BCUT2D eigenvalue weighted by Crippen LogP contribution is -2.42. The molecule has 1 fully saturated rings. The number of benzene rings is 1. The number of aliphatic hydroxyl groups is 1. The lowest BCUT2D eigenvalue weighted by Gasteiger charge is -2.26. The zero-order valence-electron chi connectivity index (χ0n) is 14.5. The summed E-state index contributed by atoms with van der Waals surface area (Å²) in [4.78, 5) is 14.3. The quantitative estimate of drug-likeness (QED) is 0.876. The monoisotopic (exact) mass is 320 g/mol. The van der Waals surface area contributed by atoms with E-state index in [2.05, 4.69) is 12.2 Å². The van der Waals surface area contributed by atoms with Crippen molar-refractivity contribution in [2.75, 3.05) is 18.5 Å². The van der Waals surface area contributed by atoms with Gasteiger partial charge in [-0.15, -0.1) is 0 Å². The Hall–Kier alpha value is -1.59. The number of hydrogen-bond donors (Lipinski definition) is 2. The van der Waals surface area contributed by atoms with Crippen molar-refractivity contribution < 1.29 is 14.6 Å².